The molecule has 1 heterocycles. The number of methoxy groups -OCH3 is 1. The van der Waals surface area contributed by atoms with Crippen LogP contribution in [0.2, 0.25) is 0 Å². The van der Waals surface area contributed by atoms with E-state index in [1.807, 2.05) is 0 Å². The third-order valence-electron chi connectivity index (χ3n) is 2.98. The van der Waals surface area contributed by atoms with Gasteiger partial charge in [0.25, 0.3) is 0 Å². The van der Waals surface area contributed by atoms with Gasteiger partial charge in [-0.25, -0.2) is 4.39 Å². The highest BCUT2D eigenvalue weighted by molar-refractivity contribution is 5.75. The van der Waals surface area contributed by atoms with Crippen molar-refractivity contribution in [3.8, 4) is 5.75 Å². The molecule has 20 heavy (non-hydrogen) atoms. The van der Waals surface area contributed by atoms with Crippen LogP contribution < -0.4 is 4.74 Å². The Balaban J connectivity index is 2.24. The zero-order valence-electron chi connectivity index (χ0n) is 10.9. The molecule has 0 bridgehead atoms. The van der Waals surface area contributed by atoms with Gasteiger partial charge in [-0.15, -0.1) is 0 Å². The molecule has 5 heteroatoms. The second kappa shape index (κ2) is 6.14. The second-order valence-corrected chi connectivity index (χ2v) is 4.35. The third kappa shape index (κ3) is 3.32. The van der Waals surface area contributed by atoms with Crippen LogP contribution in [0.25, 0.3) is 0 Å². The molecule has 0 aliphatic carbocycles. The summed E-state index contributed by atoms with van der Waals surface area (Å²) < 4.78 is 18.1. The first-order valence-corrected chi connectivity index (χ1v) is 6.07. The molecule has 1 N–H and O–H groups in total. The first-order valence-electron chi connectivity index (χ1n) is 6.07. The van der Waals surface area contributed by atoms with Gasteiger partial charge in [-0.05, 0) is 36.2 Å². The summed E-state index contributed by atoms with van der Waals surface area (Å²) >= 11 is 0. The summed E-state index contributed by atoms with van der Waals surface area (Å²) in [4.78, 5) is 15.5. The zero-order chi connectivity index (χ0) is 14.5. The number of rotatable bonds is 5. The molecule has 0 radical (unpaired) electrons. The number of hydrogen-bond acceptors (Lipinski definition) is 3. The highest BCUT2D eigenvalue weighted by atomic mass is 19.1. The summed E-state index contributed by atoms with van der Waals surface area (Å²) in [5, 5.41) is 9.32. The molecule has 0 aliphatic heterocycles. The summed E-state index contributed by atoms with van der Waals surface area (Å²) in [6, 6.07) is 9.18. The Kier molecular flexibility index (Phi) is 4.30. The SMILES string of the molecule is COc1ccc(C(Cc2cccc(F)c2)C(=O)O)nc1. The largest absolute Gasteiger partial charge is 0.495 e. The fraction of sp³-hybridized carbons (Fsp3) is 0.200. The highest BCUT2D eigenvalue weighted by Gasteiger charge is 2.22. The first kappa shape index (κ1) is 14.0. The Bertz CT molecular complexity index is 598. The van der Waals surface area contributed by atoms with Gasteiger partial charge in [-0.1, -0.05) is 12.1 Å². The molecule has 2 aromatic rings. The Labute approximate surface area is 115 Å². The summed E-state index contributed by atoms with van der Waals surface area (Å²) in [5.74, 6) is -1.63. The van der Waals surface area contributed by atoms with Crippen LogP contribution in [-0.4, -0.2) is 23.2 Å². The summed E-state index contributed by atoms with van der Waals surface area (Å²) in [6.45, 7) is 0. The van der Waals surface area contributed by atoms with Crippen LogP contribution in [0.3, 0.4) is 0 Å². The molecule has 1 atom stereocenters. The minimum Gasteiger partial charge on any atom is -0.495 e. The number of pyridine rings is 1. The monoisotopic (exact) mass is 275 g/mol. The number of ether oxygens (including phenoxy) is 1. The van der Waals surface area contributed by atoms with Crippen molar-refractivity contribution in [2.45, 2.75) is 12.3 Å². The molecular formula is C15H14FNO3. The van der Waals surface area contributed by atoms with E-state index in [-0.39, 0.29) is 12.2 Å². The molecule has 1 aromatic heterocycles. The first-order chi connectivity index (χ1) is 9.60. The number of hydrogen-bond donors (Lipinski definition) is 1. The normalized spacial score (nSPS) is 11.9. The molecule has 0 amide bonds. The second-order valence-electron chi connectivity index (χ2n) is 4.35. The number of aliphatic carboxylic acids is 1. The quantitative estimate of drug-likeness (QED) is 0.911. The molecule has 0 fully saturated rings. The number of halogens is 1. The lowest BCUT2D eigenvalue weighted by molar-refractivity contribution is -0.138. The minimum atomic E-state index is -0.994. The van der Waals surface area contributed by atoms with Crippen molar-refractivity contribution in [1.29, 1.82) is 0 Å². The fourth-order valence-corrected chi connectivity index (χ4v) is 1.94. The van der Waals surface area contributed by atoms with E-state index in [9.17, 15) is 14.3 Å². The molecule has 4 nitrogen and oxygen atoms in total. The number of carboxylic acid groups (broad SMARTS) is 1. The predicted molar refractivity (Wildman–Crippen MR) is 71.3 cm³/mol. The Morgan fingerprint density at radius 1 is 1.40 bits per heavy atom. The summed E-state index contributed by atoms with van der Waals surface area (Å²) in [7, 11) is 1.51. The lowest BCUT2D eigenvalue weighted by atomic mass is 9.96. The molecule has 1 aromatic carbocycles. The maximum absolute atomic E-state index is 13.1. The lowest BCUT2D eigenvalue weighted by Gasteiger charge is -2.12. The molecule has 0 saturated carbocycles. The molecule has 104 valence electrons. The van der Waals surface area contributed by atoms with Crippen LogP contribution in [0.15, 0.2) is 42.6 Å². The van der Waals surface area contributed by atoms with E-state index in [1.165, 1.54) is 25.4 Å². The van der Waals surface area contributed by atoms with Gasteiger partial charge in [0.1, 0.15) is 17.5 Å². The van der Waals surface area contributed by atoms with E-state index in [0.29, 0.717) is 17.0 Å². The van der Waals surface area contributed by atoms with Gasteiger partial charge in [0.15, 0.2) is 0 Å². The van der Waals surface area contributed by atoms with Crippen LogP contribution in [0, 0.1) is 5.82 Å². The van der Waals surface area contributed by atoms with Crippen LogP contribution in [0.4, 0.5) is 4.39 Å². The Morgan fingerprint density at radius 3 is 2.75 bits per heavy atom. The number of benzene rings is 1. The van der Waals surface area contributed by atoms with E-state index in [0.717, 1.165) is 0 Å². The van der Waals surface area contributed by atoms with Gasteiger partial charge in [-0.3, -0.25) is 9.78 Å². The lowest BCUT2D eigenvalue weighted by Crippen LogP contribution is -2.16. The molecule has 2 rings (SSSR count). The summed E-state index contributed by atoms with van der Waals surface area (Å²) in [5.41, 5.74) is 1.04. The summed E-state index contributed by atoms with van der Waals surface area (Å²) in [6.07, 6.45) is 1.66. The van der Waals surface area contributed by atoms with E-state index in [4.69, 9.17) is 4.74 Å². The van der Waals surface area contributed by atoms with Gasteiger partial charge in [0, 0.05) is 0 Å². The highest BCUT2D eigenvalue weighted by Crippen LogP contribution is 2.21. The van der Waals surface area contributed by atoms with Crippen molar-refractivity contribution in [3.63, 3.8) is 0 Å². The Morgan fingerprint density at radius 2 is 2.20 bits per heavy atom. The van der Waals surface area contributed by atoms with E-state index < -0.39 is 11.9 Å². The third-order valence-corrected chi connectivity index (χ3v) is 2.98. The average molecular weight is 275 g/mol. The smallest absolute Gasteiger partial charge is 0.312 e. The van der Waals surface area contributed by atoms with Crippen molar-refractivity contribution in [3.05, 3.63) is 59.7 Å². The van der Waals surface area contributed by atoms with Crippen molar-refractivity contribution >= 4 is 5.97 Å². The van der Waals surface area contributed by atoms with E-state index in [2.05, 4.69) is 4.98 Å². The number of aromatic nitrogens is 1. The van der Waals surface area contributed by atoms with Crippen LogP contribution in [0.5, 0.6) is 5.75 Å². The molecular weight excluding hydrogens is 261 g/mol. The van der Waals surface area contributed by atoms with Crippen molar-refractivity contribution < 1.29 is 19.0 Å². The number of nitrogens with zero attached hydrogens (tertiary/aromatic N) is 1. The molecule has 0 spiro atoms. The van der Waals surface area contributed by atoms with E-state index in [1.54, 1.807) is 24.3 Å². The van der Waals surface area contributed by atoms with Gasteiger partial charge in [0.05, 0.1) is 19.0 Å². The van der Waals surface area contributed by atoms with Crippen molar-refractivity contribution in [2.75, 3.05) is 7.11 Å². The van der Waals surface area contributed by atoms with Crippen LogP contribution in [-0.2, 0) is 11.2 Å². The van der Waals surface area contributed by atoms with Gasteiger partial charge >= 0.3 is 5.97 Å². The molecule has 0 saturated heterocycles. The topological polar surface area (TPSA) is 59.4 Å². The van der Waals surface area contributed by atoms with Gasteiger partial charge in [-0.2, -0.15) is 0 Å². The standard InChI is InChI=1S/C15H14FNO3/c1-20-12-5-6-14(17-9-12)13(15(18)19)8-10-3-2-4-11(16)7-10/h2-7,9,13H,8H2,1H3,(H,18,19). The van der Waals surface area contributed by atoms with Crippen molar-refractivity contribution in [2.24, 2.45) is 0 Å². The van der Waals surface area contributed by atoms with Gasteiger partial charge in [0.2, 0.25) is 0 Å². The predicted octanol–water partition coefficient (Wildman–Crippen LogP) is 2.64. The van der Waals surface area contributed by atoms with E-state index >= 15 is 0 Å². The Hall–Kier alpha value is -2.43. The maximum Gasteiger partial charge on any atom is 0.312 e. The zero-order valence-corrected chi connectivity index (χ0v) is 10.9. The van der Waals surface area contributed by atoms with Crippen LogP contribution in [0.1, 0.15) is 17.2 Å². The van der Waals surface area contributed by atoms with Crippen molar-refractivity contribution in [1.82, 2.24) is 4.98 Å². The maximum atomic E-state index is 13.1. The molecule has 0 aliphatic rings. The number of carbonyl (C=O) groups is 1. The van der Waals surface area contributed by atoms with Crippen LogP contribution >= 0.6 is 0 Å². The van der Waals surface area contributed by atoms with Gasteiger partial charge < -0.3 is 9.84 Å². The molecule has 1 unspecified atom stereocenters. The fourth-order valence-electron chi connectivity index (χ4n) is 1.94. The number of carboxylic acids is 1. The minimum absolute atomic E-state index is 0.187. The average Bonchev–Trinajstić information content (AvgIpc) is 2.45.